The van der Waals surface area contributed by atoms with E-state index in [4.69, 9.17) is 17.3 Å². The van der Waals surface area contributed by atoms with Crippen LogP contribution in [0.5, 0.6) is 0 Å². The van der Waals surface area contributed by atoms with Crippen LogP contribution in [0.1, 0.15) is 15.9 Å². The molecular weight excluding hydrogens is 258 g/mol. The predicted octanol–water partition coefficient (Wildman–Crippen LogP) is 2.51. The zero-order valence-corrected chi connectivity index (χ0v) is 10.1. The van der Waals surface area contributed by atoms with Gasteiger partial charge in [0.1, 0.15) is 4.99 Å². The summed E-state index contributed by atoms with van der Waals surface area (Å²) in [7, 11) is 0. The molecule has 0 radical (unpaired) electrons. The maximum Gasteiger partial charge on any atom is 0.335 e. The molecule has 0 spiro atoms. The molecule has 0 aromatic heterocycles. The van der Waals surface area contributed by atoms with Gasteiger partial charge in [0.05, 0.1) is 10.5 Å². The van der Waals surface area contributed by atoms with E-state index in [9.17, 15) is 9.59 Å². The van der Waals surface area contributed by atoms with Crippen molar-refractivity contribution in [2.75, 3.05) is 0 Å². The Morgan fingerprint density at radius 3 is 2.82 bits per heavy atom. The Balaban J connectivity index is 2.33. The third kappa shape index (κ3) is 2.72. The smallest absolute Gasteiger partial charge is 0.335 e. The summed E-state index contributed by atoms with van der Waals surface area (Å²) >= 11 is 5.97. The first kappa shape index (κ1) is 11.8. The van der Waals surface area contributed by atoms with E-state index >= 15 is 0 Å². The number of carboxylic acids is 1. The van der Waals surface area contributed by atoms with E-state index in [1.54, 1.807) is 18.2 Å². The van der Waals surface area contributed by atoms with Crippen LogP contribution in [0.4, 0.5) is 4.79 Å². The predicted molar refractivity (Wildman–Crippen MR) is 70.1 cm³/mol. The summed E-state index contributed by atoms with van der Waals surface area (Å²) < 4.78 is 0. The highest BCUT2D eigenvalue weighted by Gasteiger charge is 2.21. The molecule has 1 aromatic carbocycles. The van der Waals surface area contributed by atoms with Crippen LogP contribution in [0.25, 0.3) is 6.08 Å². The SMILES string of the molecule is O=C1NC(=S)/C(=C\c2cccc(C(=O)O)c2)S1. The fourth-order valence-corrected chi connectivity index (χ4v) is 2.37. The Hall–Kier alpha value is -1.66. The molecule has 86 valence electrons. The molecule has 1 fully saturated rings. The van der Waals surface area contributed by atoms with Gasteiger partial charge < -0.3 is 10.4 Å². The zero-order chi connectivity index (χ0) is 12.4. The van der Waals surface area contributed by atoms with Crippen LogP contribution in [0.2, 0.25) is 0 Å². The summed E-state index contributed by atoms with van der Waals surface area (Å²) in [4.78, 5) is 22.9. The van der Waals surface area contributed by atoms with Crippen molar-refractivity contribution >= 4 is 46.3 Å². The van der Waals surface area contributed by atoms with Crippen molar-refractivity contribution < 1.29 is 14.7 Å². The van der Waals surface area contributed by atoms with Crippen molar-refractivity contribution in [2.24, 2.45) is 0 Å². The summed E-state index contributed by atoms with van der Waals surface area (Å²) in [6.07, 6.45) is 1.69. The molecule has 4 nitrogen and oxygen atoms in total. The molecule has 0 atom stereocenters. The molecule has 1 aliphatic rings. The molecule has 17 heavy (non-hydrogen) atoms. The molecule has 1 amide bonds. The first-order chi connectivity index (χ1) is 8.06. The largest absolute Gasteiger partial charge is 0.478 e. The van der Waals surface area contributed by atoms with Crippen LogP contribution < -0.4 is 5.32 Å². The van der Waals surface area contributed by atoms with Crippen molar-refractivity contribution in [3.8, 4) is 0 Å². The first-order valence-corrected chi connectivity index (χ1v) is 5.87. The molecule has 1 heterocycles. The molecule has 0 saturated carbocycles. The number of thioether (sulfide) groups is 1. The molecule has 2 N–H and O–H groups in total. The number of aromatic carboxylic acids is 1. The minimum Gasteiger partial charge on any atom is -0.478 e. The topological polar surface area (TPSA) is 66.4 Å². The number of amides is 1. The Labute approximate surface area is 107 Å². The van der Waals surface area contributed by atoms with Crippen molar-refractivity contribution in [1.82, 2.24) is 5.32 Å². The number of hydrogen-bond donors (Lipinski definition) is 2. The summed E-state index contributed by atoms with van der Waals surface area (Å²) in [6, 6.07) is 6.44. The van der Waals surface area contributed by atoms with Gasteiger partial charge in [0.15, 0.2) is 0 Å². The second kappa shape index (κ2) is 4.68. The van der Waals surface area contributed by atoms with Crippen LogP contribution >= 0.6 is 24.0 Å². The summed E-state index contributed by atoms with van der Waals surface area (Å²) in [5.41, 5.74) is 0.902. The lowest BCUT2D eigenvalue weighted by Crippen LogP contribution is -2.15. The number of hydrogen-bond acceptors (Lipinski definition) is 4. The van der Waals surface area contributed by atoms with E-state index in [1.807, 2.05) is 0 Å². The summed E-state index contributed by atoms with van der Waals surface area (Å²) in [6.45, 7) is 0. The van der Waals surface area contributed by atoms with Gasteiger partial charge in [0.2, 0.25) is 0 Å². The van der Waals surface area contributed by atoms with Gasteiger partial charge in [0.25, 0.3) is 5.24 Å². The van der Waals surface area contributed by atoms with Crippen molar-refractivity contribution in [3.05, 3.63) is 40.3 Å². The normalized spacial score (nSPS) is 17.3. The van der Waals surface area contributed by atoms with Crippen LogP contribution in [0.3, 0.4) is 0 Å². The highest BCUT2D eigenvalue weighted by Crippen LogP contribution is 2.26. The zero-order valence-electron chi connectivity index (χ0n) is 8.47. The lowest BCUT2D eigenvalue weighted by molar-refractivity contribution is 0.0697. The van der Waals surface area contributed by atoms with Crippen LogP contribution in [0.15, 0.2) is 29.2 Å². The summed E-state index contributed by atoms with van der Waals surface area (Å²) in [5.74, 6) is -0.985. The molecule has 1 aromatic rings. The average molecular weight is 265 g/mol. The van der Waals surface area contributed by atoms with E-state index < -0.39 is 5.97 Å². The molecule has 6 heteroatoms. The van der Waals surface area contributed by atoms with Crippen molar-refractivity contribution in [2.45, 2.75) is 0 Å². The summed E-state index contributed by atoms with van der Waals surface area (Å²) in [5, 5.41) is 11.1. The monoisotopic (exact) mass is 265 g/mol. The van der Waals surface area contributed by atoms with Gasteiger partial charge in [-0.1, -0.05) is 24.4 Å². The van der Waals surface area contributed by atoms with Gasteiger partial charge in [-0.15, -0.1) is 0 Å². The molecule has 2 rings (SSSR count). The number of carbonyl (C=O) groups is 2. The van der Waals surface area contributed by atoms with Crippen LogP contribution in [0, 0.1) is 0 Å². The lowest BCUT2D eigenvalue weighted by Gasteiger charge is -1.98. The van der Waals surface area contributed by atoms with Crippen LogP contribution in [-0.2, 0) is 0 Å². The Kier molecular flexibility index (Phi) is 3.26. The van der Waals surface area contributed by atoms with Gasteiger partial charge in [-0.25, -0.2) is 4.79 Å². The molecular formula is C11H7NO3S2. The van der Waals surface area contributed by atoms with Crippen LogP contribution in [-0.4, -0.2) is 21.3 Å². The highest BCUT2D eigenvalue weighted by atomic mass is 32.2. The third-order valence-electron chi connectivity index (χ3n) is 2.07. The number of nitrogens with one attached hydrogen (secondary N) is 1. The van der Waals surface area contributed by atoms with Gasteiger partial charge in [-0.05, 0) is 35.5 Å². The number of carbonyl (C=O) groups excluding carboxylic acids is 1. The number of rotatable bonds is 2. The maximum atomic E-state index is 11.1. The number of carboxylic acid groups (broad SMARTS) is 1. The Morgan fingerprint density at radius 2 is 2.24 bits per heavy atom. The lowest BCUT2D eigenvalue weighted by atomic mass is 10.1. The number of benzene rings is 1. The van der Waals surface area contributed by atoms with Gasteiger partial charge in [0, 0.05) is 0 Å². The van der Waals surface area contributed by atoms with Gasteiger partial charge >= 0.3 is 5.97 Å². The van der Waals surface area contributed by atoms with E-state index in [1.165, 1.54) is 12.1 Å². The minimum atomic E-state index is -0.985. The van der Waals surface area contributed by atoms with Gasteiger partial charge in [-0.2, -0.15) is 0 Å². The molecule has 0 unspecified atom stereocenters. The third-order valence-corrected chi connectivity index (χ3v) is 3.35. The van der Waals surface area contributed by atoms with E-state index in [-0.39, 0.29) is 10.8 Å². The van der Waals surface area contributed by atoms with Gasteiger partial charge in [-0.3, -0.25) is 4.79 Å². The second-order valence-corrected chi connectivity index (χ2v) is 4.71. The highest BCUT2D eigenvalue weighted by molar-refractivity contribution is 8.19. The first-order valence-electron chi connectivity index (χ1n) is 4.64. The number of thiocarbonyl (C=S) groups is 1. The van der Waals surface area contributed by atoms with E-state index in [2.05, 4.69) is 5.32 Å². The fourth-order valence-electron chi connectivity index (χ4n) is 1.33. The van der Waals surface area contributed by atoms with Crippen molar-refractivity contribution in [3.63, 3.8) is 0 Å². The maximum absolute atomic E-state index is 11.1. The fraction of sp³-hybridized carbons (Fsp3) is 0. The quantitative estimate of drug-likeness (QED) is 0.635. The molecule has 1 saturated heterocycles. The standard InChI is InChI=1S/C11H7NO3S2/c13-10(14)7-3-1-2-6(4-7)5-8-9(16)12-11(15)17-8/h1-5H,(H,13,14)(H,12,15,16)/b8-5+. The Bertz CT molecular complexity index is 551. The molecule has 1 aliphatic heterocycles. The minimum absolute atomic E-state index is 0.201. The van der Waals surface area contributed by atoms with Crippen molar-refractivity contribution in [1.29, 1.82) is 0 Å². The average Bonchev–Trinajstić information content (AvgIpc) is 2.58. The van der Waals surface area contributed by atoms with E-state index in [0.29, 0.717) is 15.5 Å². The molecule has 0 aliphatic carbocycles. The Morgan fingerprint density at radius 1 is 1.47 bits per heavy atom. The molecule has 0 bridgehead atoms. The second-order valence-electron chi connectivity index (χ2n) is 3.28. The van der Waals surface area contributed by atoms with E-state index in [0.717, 1.165) is 11.8 Å².